The molecule has 2 aliphatic rings. The lowest BCUT2D eigenvalue weighted by Gasteiger charge is -2.35. The summed E-state index contributed by atoms with van der Waals surface area (Å²) in [5, 5.41) is 0. The van der Waals surface area contributed by atoms with Gasteiger partial charge in [-0.2, -0.15) is 0 Å². The van der Waals surface area contributed by atoms with E-state index in [1.807, 2.05) is 0 Å². The molecule has 0 heterocycles. The largest absolute Gasteiger partial charge is 0.0622 e. The van der Waals surface area contributed by atoms with E-state index in [0.29, 0.717) is 0 Å². The molecule has 2 fully saturated rings. The van der Waals surface area contributed by atoms with Gasteiger partial charge in [0.2, 0.25) is 0 Å². The summed E-state index contributed by atoms with van der Waals surface area (Å²) in [6.45, 7) is 0. The molecule has 0 saturated heterocycles. The van der Waals surface area contributed by atoms with Crippen LogP contribution in [0.5, 0.6) is 0 Å². The Balaban J connectivity index is 1.66. The van der Waals surface area contributed by atoms with Gasteiger partial charge in [0.05, 0.1) is 0 Å². The van der Waals surface area contributed by atoms with E-state index in [2.05, 4.69) is 30.3 Å². The van der Waals surface area contributed by atoms with Crippen LogP contribution in [0.2, 0.25) is 0 Å². The normalized spacial score (nSPS) is 29.3. The van der Waals surface area contributed by atoms with Crippen LogP contribution in [0.1, 0.15) is 75.7 Å². The Kier molecular flexibility index (Phi) is 4.58. The monoisotopic (exact) mass is 256 g/mol. The van der Waals surface area contributed by atoms with E-state index in [0.717, 1.165) is 17.8 Å². The molecule has 3 rings (SSSR count). The third kappa shape index (κ3) is 3.41. The summed E-state index contributed by atoms with van der Waals surface area (Å²) >= 11 is 0. The molecule has 0 aromatic heterocycles. The lowest BCUT2D eigenvalue weighted by molar-refractivity contribution is 0.219. The van der Waals surface area contributed by atoms with Gasteiger partial charge in [0, 0.05) is 0 Å². The van der Waals surface area contributed by atoms with Gasteiger partial charge in [-0.1, -0.05) is 75.3 Å². The van der Waals surface area contributed by atoms with Crippen LogP contribution < -0.4 is 0 Å². The lowest BCUT2D eigenvalue weighted by Crippen LogP contribution is -2.21. The zero-order chi connectivity index (χ0) is 12.9. The van der Waals surface area contributed by atoms with Crippen molar-refractivity contribution >= 4 is 0 Å². The number of rotatable bonds is 3. The summed E-state index contributed by atoms with van der Waals surface area (Å²) < 4.78 is 0. The summed E-state index contributed by atoms with van der Waals surface area (Å²) in [5.41, 5.74) is 1.61. The highest BCUT2D eigenvalue weighted by atomic mass is 14.3. The van der Waals surface area contributed by atoms with E-state index >= 15 is 0 Å². The molecule has 0 nitrogen and oxygen atoms in total. The highest BCUT2D eigenvalue weighted by molar-refractivity contribution is 5.20. The first-order chi connectivity index (χ1) is 9.43. The van der Waals surface area contributed by atoms with Crippen LogP contribution in [-0.2, 0) is 0 Å². The van der Waals surface area contributed by atoms with Gasteiger partial charge in [-0.25, -0.2) is 0 Å². The maximum atomic E-state index is 2.36. The molecule has 0 aliphatic heterocycles. The molecule has 1 aromatic rings. The van der Waals surface area contributed by atoms with E-state index in [1.54, 1.807) is 5.56 Å². The van der Waals surface area contributed by atoms with Gasteiger partial charge in [-0.15, -0.1) is 0 Å². The van der Waals surface area contributed by atoms with Crippen LogP contribution in [0.4, 0.5) is 0 Å². The molecular weight excluding hydrogens is 228 g/mol. The SMILES string of the molecule is c1ccc(C2CCCCC2CC2CCCCC2)cc1. The molecule has 1 aromatic carbocycles. The Bertz CT molecular complexity index is 361. The summed E-state index contributed by atoms with van der Waals surface area (Å²) in [5.74, 6) is 2.87. The minimum atomic E-state index is 0.858. The van der Waals surface area contributed by atoms with Gasteiger partial charge in [-0.05, 0) is 42.6 Å². The highest BCUT2D eigenvalue weighted by Crippen LogP contribution is 2.43. The van der Waals surface area contributed by atoms with Crippen LogP contribution in [0.25, 0.3) is 0 Å². The Labute approximate surface area is 118 Å². The topological polar surface area (TPSA) is 0 Å². The zero-order valence-corrected chi connectivity index (χ0v) is 12.2. The van der Waals surface area contributed by atoms with Crippen molar-refractivity contribution in [1.29, 1.82) is 0 Å². The van der Waals surface area contributed by atoms with Crippen LogP contribution in [-0.4, -0.2) is 0 Å². The Morgan fingerprint density at radius 1 is 0.737 bits per heavy atom. The molecule has 0 bridgehead atoms. The predicted molar refractivity (Wildman–Crippen MR) is 82.3 cm³/mol. The maximum Gasteiger partial charge on any atom is -0.0134 e. The minimum absolute atomic E-state index is 0.858. The fourth-order valence-corrected chi connectivity index (χ4v) is 4.48. The smallest absolute Gasteiger partial charge is 0.0134 e. The molecular formula is C19H28. The molecule has 0 spiro atoms. The van der Waals surface area contributed by atoms with Gasteiger partial charge >= 0.3 is 0 Å². The molecule has 0 radical (unpaired) electrons. The Hall–Kier alpha value is -0.780. The van der Waals surface area contributed by atoms with Gasteiger partial charge < -0.3 is 0 Å². The molecule has 104 valence electrons. The lowest BCUT2D eigenvalue weighted by atomic mass is 9.70. The summed E-state index contributed by atoms with van der Waals surface area (Å²) in [6, 6.07) is 11.3. The Morgan fingerprint density at radius 2 is 1.42 bits per heavy atom. The molecule has 0 amide bonds. The van der Waals surface area contributed by atoms with E-state index in [9.17, 15) is 0 Å². The maximum absolute atomic E-state index is 2.36. The van der Waals surface area contributed by atoms with Crippen LogP contribution in [0, 0.1) is 11.8 Å². The van der Waals surface area contributed by atoms with Gasteiger partial charge in [0.1, 0.15) is 0 Å². The molecule has 2 saturated carbocycles. The first kappa shape index (κ1) is 13.2. The van der Waals surface area contributed by atoms with Crippen molar-refractivity contribution in [3.63, 3.8) is 0 Å². The van der Waals surface area contributed by atoms with Crippen molar-refractivity contribution in [3.05, 3.63) is 35.9 Å². The molecule has 2 unspecified atom stereocenters. The van der Waals surface area contributed by atoms with Crippen molar-refractivity contribution in [2.45, 2.75) is 70.1 Å². The van der Waals surface area contributed by atoms with Crippen LogP contribution >= 0.6 is 0 Å². The fourth-order valence-electron chi connectivity index (χ4n) is 4.48. The van der Waals surface area contributed by atoms with Crippen molar-refractivity contribution in [2.24, 2.45) is 11.8 Å². The average Bonchev–Trinajstić information content (AvgIpc) is 2.50. The predicted octanol–water partition coefficient (Wildman–Crippen LogP) is 5.93. The number of hydrogen-bond donors (Lipinski definition) is 0. The van der Waals surface area contributed by atoms with Gasteiger partial charge in [0.15, 0.2) is 0 Å². The van der Waals surface area contributed by atoms with Crippen molar-refractivity contribution < 1.29 is 0 Å². The van der Waals surface area contributed by atoms with E-state index in [-0.39, 0.29) is 0 Å². The number of hydrogen-bond acceptors (Lipinski definition) is 0. The standard InChI is InChI=1S/C19H28/c1-3-9-16(10-4-1)15-18-13-7-8-14-19(18)17-11-5-2-6-12-17/h2,5-6,11-12,16,18-19H,1,3-4,7-10,13-15H2. The number of benzene rings is 1. The first-order valence-corrected chi connectivity index (χ1v) is 8.48. The highest BCUT2D eigenvalue weighted by Gasteiger charge is 2.29. The molecule has 2 atom stereocenters. The van der Waals surface area contributed by atoms with Crippen molar-refractivity contribution in [2.75, 3.05) is 0 Å². The van der Waals surface area contributed by atoms with E-state index < -0.39 is 0 Å². The second-order valence-electron chi connectivity index (χ2n) is 6.80. The van der Waals surface area contributed by atoms with Gasteiger partial charge in [0.25, 0.3) is 0 Å². The summed E-state index contributed by atoms with van der Waals surface area (Å²) in [7, 11) is 0. The quantitative estimate of drug-likeness (QED) is 0.628. The average molecular weight is 256 g/mol. The van der Waals surface area contributed by atoms with Crippen LogP contribution in [0.15, 0.2) is 30.3 Å². The summed E-state index contributed by atoms with van der Waals surface area (Å²) in [6.07, 6.45) is 14.8. The molecule has 19 heavy (non-hydrogen) atoms. The fraction of sp³-hybridized carbons (Fsp3) is 0.684. The minimum Gasteiger partial charge on any atom is -0.0622 e. The van der Waals surface area contributed by atoms with Gasteiger partial charge in [-0.3, -0.25) is 0 Å². The third-order valence-corrected chi connectivity index (χ3v) is 5.50. The summed E-state index contributed by atoms with van der Waals surface area (Å²) in [4.78, 5) is 0. The van der Waals surface area contributed by atoms with Crippen molar-refractivity contribution in [3.8, 4) is 0 Å². The molecule has 0 N–H and O–H groups in total. The third-order valence-electron chi connectivity index (χ3n) is 5.50. The first-order valence-electron chi connectivity index (χ1n) is 8.48. The second kappa shape index (κ2) is 6.59. The van der Waals surface area contributed by atoms with E-state index in [1.165, 1.54) is 64.2 Å². The van der Waals surface area contributed by atoms with E-state index in [4.69, 9.17) is 0 Å². The van der Waals surface area contributed by atoms with Crippen LogP contribution in [0.3, 0.4) is 0 Å². The molecule has 2 aliphatic carbocycles. The zero-order valence-electron chi connectivity index (χ0n) is 12.2. The second-order valence-corrected chi connectivity index (χ2v) is 6.80. The molecule has 0 heteroatoms. The van der Waals surface area contributed by atoms with Crippen molar-refractivity contribution in [1.82, 2.24) is 0 Å². The Morgan fingerprint density at radius 3 is 2.21 bits per heavy atom.